The molecule has 2 N–H and O–H groups in total. The van der Waals surface area contributed by atoms with Gasteiger partial charge in [0, 0.05) is 6.04 Å². The lowest BCUT2D eigenvalue weighted by molar-refractivity contribution is -0.136. The Morgan fingerprint density at radius 3 is 2.44 bits per heavy atom. The van der Waals surface area contributed by atoms with Crippen LogP contribution >= 0.6 is 0 Å². The van der Waals surface area contributed by atoms with Crippen molar-refractivity contribution in [1.82, 2.24) is 5.32 Å². The van der Waals surface area contributed by atoms with Crippen LogP contribution in [0.1, 0.15) is 0 Å². The number of rotatable bonds is 4. The van der Waals surface area contributed by atoms with Crippen LogP contribution in [0.2, 0.25) is 0 Å². The second-order valence-electron chi connectivity index (χ2n) is 3.49. The standard InChI is InChI=1S/C6H11NO7S2/c8-6(9)1-7-4-2-15(10,11)3-5(4)16(12,13)14/h4-5,7H,1-3H2,(H,8,9)(H,12,13,14)/p-1. The first-order valence-corrected chi connectivity index (χ1v) is 7.51. The topological polar surface area (TPSA) is 141 Å². The van der Waals surface area contributed by atoms with Crippen LogP contribution in [-0.2, 0) is 24.7 Å². The summed E-state index contributed by atoms with van der Waals surface area (Å²) in [4.78, 5) is 10.2. The van der Waals surface area contributed by atoms with Gasteiger partial charge in [0.1, 0.15) is 10.1 Å². The lowest BCUT2D eigenvalue weighted by Gasteiger charge is -2.21. The van der Waals surface area contributed by atoms with E-state index in [4.69, 9.17) is 5.11 Å². The highest BCUT2D eigenvalue weighted by atomic mass is 32.2. The molecule has 0 aromatic carbocycles. The van der Waals surface area contributed by atoms with Crippen molar-refractivity contribution in [1.29, 1.82) is 0 Å². The van der Waals surface area contributed by atoms with Crippen LogP contribution in [0.5, 0.6) is 0 Å². The molecule has 16 heavy (non-hydrogen) atoms. The molecule has 94 valence electrons. The number of sulfone groups is 1. The van der Waals surface area contributed by atoms with Crippen molar-refractivity contribution >= 4 is 25.9 Å². The number of carboxylic acids is 1. The fourth-order valence-corrected chi connectivity index (χ4v) is 5.28. The summed E-state index contributed by atoms with van der Waals surface area (Å²) in [6.07, 6.45) is 0. The third-order valence-electron chi connectivity index (χ3n) is 2.19. The molecule has 0 radical (unpaired) electrons. The fourth-order valence-electron chi connectivity index (χ4n) is 1.51. The molecular weight excluding hydrogens is 262 g/mol. The molecule has 1 saturated heterocycles. The van der Waals surface area contributed by atoms with Crippen LogP contribution in [-0.4, -0.2) is 61.8 Å². The zero-order chi connectivity index (χ0) is 12.6. The van der Waals surface area contributed by atoms with Crippen molar-refractivity contribution in [3.05, 3.63) is 0 Å². The first kappa shape index (κ1) is 13.4. The lowest BCUT2D eigenvalue weighted by Crippen LogP contribution is -2.45. The Hall–Kier alpha value is -0.710. The zero-order valence-corrected chi connectivity index (χ0v) is 9.62. The highest BCUT2D eigenvalue weighted by molar-refractivity contribution is 7.94. The Bertz CT molecular complexity index is 479. The van der Waals surface area contributed by atoms with Crippen LogP contribution in [0.15, 0.2) is 0 Å². The van der Waals surface area contributed by atoms with E-state index in [1.807, 2.05) is 0 Å². The molecule has 0 saturated carbocycles. The fraction of sp³-hybridized carbons (Fsp3) is 0.833. The lowest BCUT2D eigenvalue weighted by atomic mass is 10.2. The van der Waals surface area contributed by atoms with Gasteiger partial charge in [-0.05, 0) is 0 Å². The van der Waals surface area contributed by atoms with Gasteiger partial charge in [-0.2, -0.15) is 0 Å². The molecule has 8 nitrogen and oxygen atoms in total. The largest absolute Gasteiger partial charge is 0.748 e. The summed E-state index contributed by atoms with van der Waals surface area (Å²) >= 11 is 0. The molecule has 2 atom stereocenters. The maximum atomic E-state index is 11.2. The van der Waals surface area contributed by atoms with Crippen molar-refractivity contribution in [3.63, 3.8) is 0 Å². The number of hydrogen-bond donors (Lipinski definition) is 2. The minimum absolute atomic E-state index is 0.535. The molecule has 0 amide bonds. The van der Waals surface area contributed by atoms with Gasteiger partial charge in [0.25, 0.3) is 0 Å². The van der Waals surface area contributed by atoms with Crippen molar-refractivity contribution in [2.75, 3.05) is 18.1 Å². The molecule has 1 aliphatic rings. The molecule has 10 heteroatoms. The number of nitrogens with one attached hydrogen (secondary N) is 1. The molecule has 1 aliphatic heterocycles. The number of hydrogen-bond acceptors (Lipinski definition) is 7. The number of carboxylic acid groups (broad SMARTS) is 1. The third kappa shape index (κ3) is 3.40. The van der Waals surface area contributed by atoms with Crippen LogP contribution in [0.25, 0.3) is 0 Å². The highest BCUT2D eigenvalue weighted by Gasteiger charge is 2.41. The van der Waals surface area contributed by atoms with E-state index < -0.39 is 55.3 Å². The molecular formula is C6H10NO7S2-. The van der Waals surface area contributed by atoms with Gasteiger partial charge in [-0.25, -0.2) is 16.8 Å². The molecule has 1 heterocycles. The summed E-state index contributed by atoms with van der Waals surface area (Å²) in [5, 5.41) is 8.97. The molecule has 0 aromatic heterocycles. The summed E-state index contributed by atoms with van der Waals surface area (Å²) in [7, 11) is -8.37. The van der Waals surface area contributed by atoms with E-state index >= 15 is 0 Å². The second-order valence-corrected chi connectivity index (χ2v) is 7.23. The van der Waals surface area contributed by atoms with E-state index in [1.165, 1.54) is 0 Å². The van der Waals surface area contributed by atoms with Gasteiger partial charge in [-0.1, -0.05) is 0 Å². The summed E-state index contributed by atoms with van der Waals surface area (Å²) in [5.74, 6) is -2.55. The molecule has 0 bridgehead atoms. The molecule has 0 aromatic rings. The molecule has 1 rings (SSSR count). The van der Waals surface area contributed by atoms with Crippen LogP contribution in [0, 0.1) is 0 Å². The number of aliphatic carboxylic acids is 1. The second kappa shape index (κ2) is 4.28. The first-order valence-electron chi connectivity index (χ1n) is 4.22. The molecule has 2 unspecified atom stereocenters. The quantitative estimate of drug-likeness (QED) is 0.529. The molecule has 1 fully saturated rings. The van der Waals surface area contributed by atoms with E-state index in [2.05, 4.69) is 5.32 Å². The Morgan fingerprint density at radius 1 is 1.44 bits per heavy atom. The van der Waals surface area contributed by atoms with E-state index in [9.17, 15) is 26.2 Å². The van der Waals surface area contributed by atoms with E-state index in [0.717, 1.165) is 0 Å². The van der Waals surface area contributed by atoms with Gasteiger partial charge < -0.3 is 15.0 Å². The third-order valence-corrected chi connectivity index (χ3v) is 5.37. The minimum atomic E-state index is -4.76. The maximum absolute atomic E-state index is 11.2. The summed E-state index contributed by atoms with van der Waals surface area (Å²) in [6.45, 7) is -0.591. The monoisotopic (exact) mass is 272 g/mol. The van der Waals surface area contributed by atoms with Crippen molar-refractivity contribution < 1.29 is 31.3 Å². The van der Waals surface area contributed by atoms with Crippen LogP contribution in [0.4, 0.5) is 0 Å². The van der Waals surface area contributed by atoms with E-state index in [1.54, 1.807) is 0 Å². The Kier molecular flexibility index (Phi) is 3.57. The summed E-state index contributed by atoms with van der Waals surface area (Å²) in [5.41, 5.74) is 0. The Labute approximate surface area is 92.3 Å². The normalized spacial score (nSPS) is 29.1. The zero-order valence-electron chi connectivity index (χ0n) is 7.99. The van der Waals surface area contributed by atoms with Crippen molar-refractivity contribution in [3.8, 4) is 0 Å². The Balaban J connectivity index is 2.85. The van der Waals surface area contributed by atoms with E-state index in [0.29, 0.717) is 0 Å². The van der Waals surface area contributed by atoms with Crippen LogP contribution < -0.4 is 5.32 Å². The smallest absolute Gasteiger partial charge is 0.317 e. The van der Waals surface area contributed by atoms with Gasteiger partial charge in [-0.3, -0.25) is 4.79 Å². The average Bonchev–Trinajstić information content (AvgIpc) is 2.37. The van der Waals surface area contributed by atoms with Gasteiger partial charge >= 0.3 is 5.97 Å². The summed E-state index contributed by atoms with van der Waals surface area (Å²) in [6, 6.07) is -1.15. The predicted octanol–water partition coefficient (Wildman–Crippen LogP) is -2.63. The van der Waals surface area contributed by atoms with Gasteiger partial charge in [0.2, 0.25) is 0 Å². The summed E-state index contributed by atoms with van der Waals surface area (Å²) < 4.78 is 54.6. The maximum Gasteiger partial charge on any atom is 0.317 e. The van der Waals surface area contributed by atoms with Gasteiger partial charge in [0.15, 0.2) is 9.84 Å². The highest BCUT2D eigenvalue weighted by Crippen LogP contribution is 2.18. The van der Waals surface area contributed by atoms with Crippen LogP contribution in [0.3, 0.4) is 0 Å². The van der Waals surface area contributed by atoms with Gasteiger partial charge in [0.05, 0.1) is 23.3 Å². The minimum Gasteiger partial charge on any atom is -0.748 e. The van der Waals surface area contributed by atoms with Crippen molar-refractivity contribution in [2.24, 2.45) is 0 Å². The Morgan fingerprint density at radius 2 is 2.00 bits per heavy atom. The van der Waals surface area contributed by atoms with Gasteiger partial charge in [-0.15, -0.1) is 0 Å². The first-order chi connectivity index (χ1) is 7.12. The average molecular weight is 272 g/mol. The van der Waals surface area contributed by atoms with E-state index in [-0.39, 0.29) is 0 Å². The predicted molar refractivity (Wildman–Crippen MR) is 51.6 cm³/mol. The number of carbonyl (C=O) groups is 1. The molecule has 0 spiro atoms. The van der Waals surface area contributed by atoms with Crippen molar-refractivity contribution in [2.45, 2.75) is 11.3 Å². The SMILES string of the molecule is O=C(O)CNC1CS(=O)(=O)CC1S(=O)(=O)[O-]. The molecule has 0 aliphatic carbocycles.